The number of ether oxygens (including phenoxy) is 1. The summed E-state index contributed by atoms with van der Waals surface area (Å²) in [5, 5.41) is 3.53. The Morgan fingerprint density at radius 2 is 1.83 bits per heavy atom. The summed E-state index contributed by atoms with van der Waals surface area (Å²) in [6.45, 7) is 8.49. The van der Waals surface area contributed by atoms with Crippen molar-refractivity contribution in [2.24, 2.45) is 0 Å². The van der Waals surface area contributed by atoms with Crippen molar-refractivity contribution >= 4 is 23.4 Å². The van der Waals surface area contributed by atoms with Gasteiger partial charge in [-0.1, -0.05) is 49.2 Å². The molecule has 0 spiro atoms. The molecule has 2 rings (SSSR count). The molecular formula is C24H31ClN2O3. The zero-order valence-corrected chi connectivity index (χ0v) is 19.0. The molecule has 2 aromatic carbocycles. The fraction of sp³-hybridized carbons (Fsp3) is 0.417. The van der Waals surface area contributed by atoms with Crippen molar-refractivity contribution in [1.82, 2.24) is 10.2 Å². The van der Waals surface area contributed by atoms with Gasteiger partial charge in [-0.25, -0.2) is 0 Å². The Labute approximate surface area is 184 Å². The second-order valence-corrected chi connectivity index (χ2v) is 7.96. The van der Waals surface area contributed by atoms with Gasteiger partial charge in [0, 0.05) is 18.1 Å². The Hall–Kier alpha value is -2.53. The maximum Gasteiger partial charge on any atom is 0.261 e. The van der Waals surface area contributed by atoms with Gasteiger partial charge in [0.05, 0.1) is 0 Å². The number of benzene rings is 2. The van der Waals surface area contributed by atoms with Crippen LogP contribution in [0.1, 0.15) is 43.4 Å². The van der Waals surface area contributed by atoms with E-state index >= 15 is 0 Å². The van der Waals surface area contributed by atoms with Gasteiger partial charge in [0.15, 0.2) is 6.61 Å². The van der Waals surface area contributed by atoms with Crippen molar-refractivity contribution in [1.29, 1.82) is 0 Å². The predicted molar refractivity (Wildman–Crippen MR) is 121 cm³/mol. The minimum atomic E-state index is -0.618. The first-order chi connectivity index (χ1) is 14.3. The number of unbranched alkanes of at least 4 members (excludes halogenated alkanes) is 1. The number of halogens is 1. The lowest BCUT2D eigenvalue weighted by Crippen LogP contribution is -2.49. The smallest absolute Gasteiger partial charge is 0.261 e. The first-order valence-corrected chi connectivity index (χ1v) is 10.7. The number of hydrogen-bond acceptors (Lipinski definition) is 3. The van der Waals surface area contributed by atoms with Gasteiger partial charge in [0.2, 0.25) is 5.91 Å². The second-order valence-electron chi connectivity index (χ2n) is 7.53. The van der Waals surface area contributed by atoms with Gasteiger partial charge >= 0.3 is 0 Å². The molecule has 1 N–H and O–H groups in total. The molecule has 0 saturated carbocycles. The summed E-state index contributed by atoms with van der Waals surface area (Å²) in [5.74, 6) is 0.261. The van der Waals surface area contributed by atoms with Crippen molar-refractivity contribution in [2.75, 3.05) is 13.2 Å². The molecule has 1 atom stereocenters. The highest BCUT2D eigenvalue weighted by molar-refractivity contribution is 6.30. The van der Waals surface area contributed by atoms with Gasteiger partial charge in [-0.3, -0.25) is 9.59 Å². The number of hydrogen-bond donors (Lipinski definition) is 1. The van der Waals surface area contributed by atoms with Crippen LogP contribution in [0.4, 0.5) is 0 Å². The lowest BCUT2D eigenvalue weighted by Gasteiger charge is -2.29. The molecule has 5 nitrogen and oxygen atoms in total. The Balaban J connectivity index is 2.13. The third-order valence-corrected chi connectivity index (χ3v) is 5.21. The van der Waals surface area contributed by atoms with Crippen molar-refractivity contribution in [3.8, 4) is 5.75 Å². The Morgan fingerprint density at radius 1 is 1.13 bits per heavy atom. The van der Waals surface area contributed by atoms with E-state index in [9.17, 15) is 9.59 Å². The number of carbonyl (C=O) groups is 2. The third-order valence-electron chi connectivity index (χ3n) is 4.96. The molecule has 0 saturated heterocycles. The summed E-state index contributed by atoms with van der Waals surface area (Å²) >= 11 is 5.98. The molecule has 0 aliphatic carbocycles. The Kier molecular flexibility index (Phi) is 9.18. The average Bonchev–Trinajstić information content (AvgIpc) is 2.73. The Bertz CT molecular complexity index is 852. The zero-order valence-electron chi connectivity index (χ0n) is 18.2. The van der Waals surface area contributed by atoms with Crippen LogP contribution in [0.2, 0.25) is 5.02 Å². The molecule has 0 fully saturated rings. The lowest BCUT2D eigenvalue weighted by atomic mass is 10.1. The molecule has 6 heteroatoms. The first kappa shape index (κ1) is 23.7. The molecule has 2 aromatic rings. The number of aryl methyl sites for hydroxylation is 2. The van der Waals surface area contributed by atoms with E-state index in [0.29, 0.717) is 23.9 Å². The average molecular weight is 431 g/mol. The molecule has 2 amide bonds. The number of carbonyl (C=O) groups excluding carboxylic acids is 2. The number of nitrogens with zero attached hydrogens (tertiary/aromatic N) is 1. The highest BCUT2D eigenvalue weighted by Crippen LogP contribution is 2.20. The van der Waals surface area contributed by atoms with E-state index in [1.807, 2.05) is 44.2 Å². The molecule has 0 heterocycles. The normalized spacial score (nSPS) is 11.6. The molecule has 0 aliphatic heterocycles. The van der Waals surface area contributed by atoms with Gasteiger partial charge in [-0.05, 0) is 62.1 Å². The van der Waals surface area contributed by atoms with E-state index in [0.717, 1.165) is 29.5 Å². The SMILES string of the molecule is CCCCNC(=O)C(C)N(Cc1ccc(Cl)cc1)C(=O)COc1cc(C)ccc1C. The third kappa shape index (κ3) is 7.06. The van der Waals surface area contributed by atoms with Crippen molar-refractivity contribution in [3.05, 3.63) is 64.2 Å². The molecule has 162 valence electrons. The fourth-order valence-corrected chi connectivity index (χ4v) is 3.12. The summed E-state index contributed by atoms with van der Waals surface area (Å²) in [6.07, 6.45) is 1.89. The maximum atomic E-state index is 13.1. The van der Waals surface area contributed by atoms with E-state index in [2.05, 4.69) is 12.2 Å². The van der Waals surface area contributed by atoms with Crippen LogP contribution in [0.3, 0.4) is 0 Å². The summed E-state index contributed by atoms with van der Waals surface area (Å²) in [7, 11) is 0. The molecular weight excluding hydrogens is 400 g/mol. The van der Waals surface area contributed by atoms with Crippen LogP contribution in [0.25, 0.3) is 0 Å². The first-order valence-electron chi connectivity index (χ1n) is 10.3. The highest BCUT2D eigenvalue weighted by atomic mass is 35.5. The van der Waals surface area contributed by atoms with Crippen LogP contribution >= 0.6 is 11.6 Å². The van der Waals surface area contributed by atoms with Crippen LogP contribution in [0.15, 0.2) is 42.5 Å². The quantitative estimate of drug-likeness (QED) is 0.557. The largest absolute Gasteiger partial charge is 0.483 e. The van der Waals surface area contributed by atoms with Gasteiger partial charge in [0.25, 0.3) is 5.91 Å². The number of nitrogens with one attached hydrogen (secondary N) is 1. The van der Waals surface area contributed by atoms with E-state index < -0.39 is 6.04 Å². The van der Waals surface area contributed by atoms with Crippen molar-refractivity contribution < 1.29 is 14.3 Å². The molecule has 1 unspecified atom stereocenters. The van der Waals surface area contributed by atoms with E-state index in [1.54, 1.807) is 24.0 Å². The van der Waals surface area contributed by atoms with Crippen molar-refractivity contribution in [3.63, 3.8) is 0 Å². The van der Waals surface area contributed by atoms with Crippen LogP contribution in [-0.4, -0.2) is 35.9 Å². The summed E-state index contributed by atoms with van der Waals surface area (Å²) in [5.41, 5.74) is 2.92. The minimum absolute atomic E-state index is 0.134. The van der Waals surface area contributed by atoms with E-state index in [4.69, 9.17) is 16.3 Å². The summed E-state index contributed by atoms with van der Waals surface area (Å²) in [4.78, 5) is 27.2. The van der Waals surface area contributed by atoms with Crippen molar-refractivity contribution in [2.45, 2.75) is 53.1 Å². The molecule has 0 radical (unpaired) electrons. The number of amides is 2. The standard InChI is InChI=1S/C24H31ClN2O3/c1-5-6-13-26-24(29)19(4)27(15-20-9-11-21(25)12-10-20)23(28)16-30-22-14-17(2)7-8-18(22)3/h7-12,14,19H,5-6,13,15-16H2,1-4H3,(H,26,29). The van der Waals surface area contributed by atoms with Gasteiger partial charge < -0.3 is 15.0 Å². The maximum absolute atomic E-state index is 13.1. The molecule has 30 heavy (non-hydrogen) atoms. The van der Waals surface area contributed by atoms with Crippen LogP contribution in [0, 0.1) is 13.8 Å². The highest BCUT2D eigenvalue weighted by Gasteiger charge is 2.26. The monoisotopic (exact) mass is 430 g/mol. The van der Waals surface area contributed by atoms with Gasteiger partial charge in [-0.2, -0.15) is 0 Å². The van der Waals surface area contributed by atoms with Crippen LogP contribution < -0.4 is 10.1 Å². The molecule has 0 aliphatic rings. The van der Waals surface area contributed by atoms with Gasteiger partial charge in [0.1, 0.15) is 11.8 Å². The summed E-state index contributed by atoms with van der Waals surface area (Å²) in [6, 6.07) is 12.5. The predicted octanol–water partition coefficient (Wildman–Crippen LogP) is 4.67. The fourth-order valence-electron chi connectivity index (χ4n) is 2.99. The topological polar surface area (TPSA) is 58.6 Å². The van der Waals surface area contributed by atoms with Crippen LogP contribution in [0.5, 0.6) is 5.75 Å². The van der Waals surface area contributed by atoms with E-state index in [-0.39, 0.29) is 18.4 Å². The van der Waals surface area contributed by atoms with Crippen LogP contribution in [-0.2, 0) is 16.1 Å². The van der Waals surface area contributed by atoms with Gasteiger partial charge in [-0.15, -0.1) is 0 Å². The molecule has 0 bridgehead atoms. The number of rotatable bonds is 10. The Morgan fingerprint density at radius 3 is 2.50 bits per heavy atom. The summed E-state index contributed by atoms with van der Waals surface area (Å²) < 4.78 is 5.80. The second kappa shape index (κ2) is 11.6. The minimum Gasteiger partial charge on any atom is -0.483 e. The van der Waals surface area contributed by atoms with E-state index in [1.165, 1.54) is 0 Å². The molecule has 0 aromatic heterocycles. The zero-order chi connectivity index (χ0) is 22.1. The lowest BCUT2D eigenvalue weighted by molar-refractivity contribution is -0.142.